The number of methoxy groups -OCH3 is 1. The van der Waals surface area contributed by atoms with Crippen LogP contribution in [0.3, 0.4) is 0 Å². The smallest absolute Gasteiger partial charge is 0.407 e. The summed E-state index contributed by atoms with van der Waals surface area (Å²) in [5.41, 5.74) is 1.46. The number of ether oxygens (including phenoxy) is 1. The third-order valence-electron chi connectivity index (χ3n) is 10.5. The molecule has 8 nitrogen and oxygen atoms in total. The molecule has 1 aromatic carbocycles. The van der Waals surface area contributed by atoms with Gasteiger partial charge in [0.25, 0.3) is 0 Å². The molecule has 1 aliphatic carbocycles. The van der Waals surface area contributed by atoms with E-state index in [4.69, 9.17) is 10.00 Å². The fraction of sp³-hybridized carbons (Fsp3) is 0.606. The Hall–Kier alpha value is -3.22. The molecule has 1 saturated carbocycles. The van der Waals surface area contributed by atoms with Gasteiger partial charge >= 0.3 is 6.09 Å². The summed E-state index contributed by atoms with van der Waals surface area (Å²) in [6.45, 7) is 8.22. The van der Waals surface area contributed by atoms with Gasteiger partial charge in [-0.2, -0.15) is 5.26 Å². The molecular formula is C33H43FN6O2. The number of anilines is 1. The number of pyridine rings is 1. The molecule has 1 N–H and O–H groups in total. The first kappa shape index (κ1) is 28.9. The van der Waals surface area contributed by atoms with Crippen molar-refractivity contribution in [1.29, 1.82) is 5.26 Å². The maximum atomic E-state index is 14.9. The van der Waals surface area contributed by atoms with Crippen molar-refractivity contribution in [2.75, 3.05) is 64.4 Å². The topological polar surface area (TPSA) is 84.7 Å². The Bertz CT molecular complexity index is 1270. The Morgan fingerprint density at radius 3 is 2.55 bits per heavy atom. The summed E-state index contributed by atoms with van der Waals surface area (Å²) >= 11 is 0. The third kappa shape index (κ3) is 5.84. The summed E-state index contributed by atoms with van der Waals surface area (Å²) in [6, 6.07) is 13.3. The Balaban J connectivity index is 1.17. The van der Waals surface area contributed by atoms with Gasteiger partial charge in [0.15, 0.2) is 0 Å². The van der Waals surface area contributed by atoms with Crippen molar-refractivity contribution in [1.82, 2.24) is 20.1 Å². The van der Waals surface area contributed by atoms with Crippen molar-refractivity contribution < 1.29 is 13.9 Å². The molecule has 1 amide bonds. The van der Waals surface area contributed by atoms with E-state index in [0.29, 0.717) is 17.4 Å². The van der Waals surface area contributed by atoms with Crippen LogP contribution in [-0.4, -0.2) is 86.4 Å². The first-order valence-corrected chi connectivity index (χ1v) is 15.6. The Morgan fingerprint density at radius 1 is 1.10 bits per heavy atom. The average Bonchev–Trinajstić information content (AvgIpc) is 3.43. The lowest BCUT2D eigenvalue weighted by atomic mass is 9.57. The number of nitriles is 1. The van der Waals surface area contributed by atoms with Crippen LogP contribution in [0.25, 0.3) is 0 Å². The van der Waals surface area contributed by atoms with E-state index in [9.17, 15) is 9.18 Å². The van der Waals surface area contributed by atoms with Crippen LogP contribution >= 0.6 is 0 Å². The number of likely N-dealkylation sites (tertiary alicyclic amines) is 2. The molecule has 0 radical (unpaired) electrons. The summed E-state index contributed by atoms with van der Waals surface area (Å²) in [7, 11) is 1.43. The Morgan fingerprint density at radius 2 is 1.90 bits per heavy atom. The molecule has 1 aromatic heterocycles. The van der Waals surface area contributed by atoms with Crippen molar-refractivity contribution in [3.05, 3.63) is 59.5 Å². The number of hydrogen-bond acceptors (Lipinski definition) is 7. The number of benzene rings is 1. The minimum Gasteiger partial charge on any atom is -0.453 e. The summed E-state index contributed by atoms with van der Waals surface area (Å²) in [5, 5.41) is 12.2. The number of carbonyl (C=O) groups is 1. The van der Waals surface area contributed by atoms with Crippen molar-refractivity contribution in [3.8, 4) is 6.07 Å². The Labute approximate surface area is 248 Å². The second-order valence-electron chi connectivity index (χ2n) is 12.8. The molecule has 0 spiro atoms. The summed E-state index contributed by atoms with van der Waals surface area (Å²) in [6.07, 6.45) is 7.64. The van der Waals surface area contributed by atoms with Crippen LogP contribution in [0.5, 0.6) is 0 Å². The van der Waals surface area contributed by atoms with Crippen LogP contribution in [0.2, 0.25) is 0 Å². The number of nitrogens with zero attached hydrogens (tertiary/aromatic N) is 5. The van der Waals surface area contributed by atoms with Crippen LogP contribution in [0.4, 0.5) is 15.0 Å². The summed E-state index contributed by atoms with van der Waals surface area (Å²) in [5.74, 6) is 2.01. The maximum absolute atomic E-state index is 14.9. The lowest BCUT2D eigenvalue weighted by Gasteiger charge is -2.54. The van der Waals surface area contributed by atoms with Gasteiger partial charge in [0.05, 0.1) is 12.7 Å². The summed E-state index contributed by atoms with van der Waals surface area (Å²) in [4.78, 5) is 24.3. The zero-order chi connectivity index (χ0) is 29.1. The number of hydrogen-bond donors (Lipinski definition) is 1. The molecule has 224 valence electrons. The molecule has 9 heteroatoms. The molecule has 42 heavy (non-hydrogen) atoms. The molecule has 0 bridgehead atoms. The Kier molecular flexibility index (Phi) is 8.64. The lowest BCUT2D eigenvalue weighted by Crippen LogP contribution is -2.60. The van der Waals surface area contributed by atoms with Gasteiger partial charge in [0.2, 0.25) is 0 Å². The fourth-order valence-corrected chi connectivity index (χ4v) is 8.25. The number of rotatable bonds is 9. The van der Waals surface area contributed by atoms with Crippen molar-refractivity contribution in [2.24, 2.45) is 17.8 Å². The number of halogens is 1. The van der Waals surface area contributed by atoms with Gasteiger partial charge in [-0.3, -0.25) is 0 Å². The van der Waals surface area contributed by atoms with Crippen molar-refractivity contribution >= 4 is 11.9 Å². The number of alkyl carbamates (subject to hydrolysis) is 1. The standard InChI is InChI=1S/C33H43FN6O2/c1-42-32(41)37-30-8-3-7-29(30)33(23-39-13-4-14-39,27-5-2-6-28(34)17-27)26-11-15-38(16-12-26)20-25-21-40(22-25)31-10-9-24(18-35)19-36-31/h2,5-6,9-10,17,19,25-26,29-30H,3-4,7-8,11-16,20-23H2,1H3,(H,37,41)/t29-,30-,33?/m0/s1. The van der Waals surface area contributed by atoms with E-state index in [1.165, 1.54) is 13.5 Å². The van der Waals surface area contributed by atoms with Crippen LogP contribution in [0.1, 0.15) is 49.7 Å². The van der Waals surface area contributed by atoms with Crippen molar-refractivity contribution in [2.45, 2.75) is 50.0 Å². The van der Waals surface area contributed by atoms with Gasteiger partial charge in [-0.1, -0.05) is 18.6 Å². The van der Waals surface area contributed by atoms with Crippen molar-refractivity contribution in [3.63, 3.8) is 0 Å². The maximum Gasteiger partial charge on any atom is 0.407 e. The second kappa shape index (κ2) is 12.6. The summed E-state index contributed by atoms with van der Waals surface area (Å²) < 4.78 is 19.9. The average molecular weight is 575 g/mol. The van der Waals surface area contributed by atoms with Gasteiger partial charge in [-0.15, -0.1) is 0 Å². The van der Waals surface area contributed by atoms with Crippen LogP contribution < -0.4 is 10.2 Å². The molecule has 3 saturated heterocycles. The largest absolute Gasteiger partial charge is 0.453 e. The van der Waals surface area contributed by atoms with E-state index in [2.05, 4.69) is 37.1 Å². The molecule has 2 aromatic rings. The quantitative estimate of drug-likeness (QED) is 0.475. The van der Waals surface area contributed by atoms with Gasteiger partial charge in [0, 0.05) is 49.8 Å². The minimum absolute atomic E-state index is 0.0248. The first-order valence-electron chi connectivity index (χ1n) is 15.6. The highest BCUT2D eigenvalue weighted by molar-refractivity contribution is 5.67. The second-order valence-corrected chi connectivity index (χ2v) is 12.8. The molecule has 6 rings (SSSR count). The van der Waals surface area contributed by atoms with E-state index in [-0.39, 0.29) is 29.3 Å². The molecule has 1 unspecified atom stereocenters. The molecule has 4 aliphatic rings. The highest BCUT2D eigenvalue weighted by Crippen LogP contribution is 2.51. The molecule has 4 heterocycles. The number of amides is 1. The molecular weight excluding hydrogens is 531 g/mol. The van der Waals surface area contributed by atoms with Crippen LogP contribution in [-0.2, 0) is 10.2 Å². The van der Waals surface area contributed by atoms with Crippen LogP contribution in [0, 0.1) is 34.9 Å². The van der Waals surface area contributed by atoms with Gasteiger partial charge < -0.3 is 24.8 Å². The number of carbonyl (C=O) groups excluding carboxylic acids is 1. The SMILES string of the molecule is COC(=O)N[C@H]1CCC[C@@H]1C(CN1CCC1)(c1cccc(F)c1)C1CCN(CC2CN(c3ccc(C#N)cn3)C2)CC1. The van der Waals surface area contributed by atoms with Gasteiger partial charge in [-0.25, -0.2) is 14.2 Å². The van der Waals surface area contributed by atoms with Crippen LogP contribution in [0.15, 0.2) is 42.6 Å². The molecule has 4 fully saturated rings. The van der Waals surface area contributed by atoms with E-state index >= 15 is 0 Å². The van der Waals surface area contributed by atoms with Gasteiger partial charge in [-0.05, 0) is 99.9 Å². The molecule has 3 atom stereocenters. The monoisotopic (exact) mass is 574 g/mol. The fourth-order valence-electron chi connectivity index (χ4n) is 8.25. The normalized spacial score (nSPS) is 25.2. The lowest BCUT2D eigenvalue weighted by molar-refractivity contribution is 0.0223. The van der Waals surface area contributed by atoms with E-state index in [0.717, 1.165) is 95.8 Å². The van der Waals surface area contributed by atoms with E-state index in [1.807, 2.05) is 18.2 Å². The third-order valence-corrected chi connectivity index (χ3v) is 10.5. The zero-order valence-corrected chi connectivity index (χ0v) is 24.7. The number of nitrogens with one attached hydrogen (secondary N) is 1. The highest BCUT2D eigenvalue weighted by atomic mass is 19.1. The zero-order valence-electron chi connectivity index (χ0n) is 24.7. The molecule has 3 aliphatic heterocycles. The number of aromatic nitrogens is 1. The van der Waals surface area contributed by atoms with E-state index < -0.39 is 0 Å². The van der Waals surface area contributed by atoms with E-state index in [1.54, 1.807) is 18.3 Å². The minimum atomic E-state index is -0.371. The van der Waals surface area contributed by atoms with Gasteiger partial charge in [0.1, 0.15) is 17.7 Å². The number of piperidine rings is 1. The highest BCUT2D eigenvalue weighted by Gasteiger charge is 2.53. The first-order chi connectivity index (χ1) is 20.5. The predicted octanol–water partition coefficient (Wildman–Crippen LogP) is 4.41. The predicted molar refractivity (Wildman–Crippen MR) is 160 cm³/mol.